The highest BCUT2D eigenvalue weighted by Gasteiger charge is 2.36. The molecular formula is C14H21FN2O3S. The third-order valence-electron chi connectivity index (χ3n) is 4.04. The van der Waals surface area contributed by atoms with Crippen LogP contribution in [0.2, 0.25) is 0 Å². The van der Waals surface area contributed by atoms with E-state index in [9.17, 15) is 12.8 Å². The maximum Gasteiger partial charge on any atom is 0.243 e. The molecule has 0 bridgehead atoms. The van der Waals surface area contributed by atoms with Gasteiger partial charge in [-0.25, -0.2) is 12.8 Å². The number of halogens is 1. The average molecular weight is 316 g/mol. The predicted molar refractivity (Wildman–Crippen MR) is 78.1 cm³/mol. The van der Waals surface area contributed by atoms with Crippen molar-refractivity contribution in [1.82, 2.24) is 4.31 Å². The van der Waals surface area contributed by atoms with Crippen molar-refractivity contribution in [3.8, 4) is 5.75 Å². The molecule has 21 heavy (non-hydrogen) atoms. The summed E-state index contributed by atoms with van der Waals surface area (Å²) < 4.78 is 45.4. The van der Waals surface area contributed by atoms with Crippen LogP contribution in [0.3, 0.4) is 0 Å². The zero-order chi connectivity index (χ0) is 15.6. The molecule has 2 atom stereocenters. The lowest BCUT2D eigenvalue weighted by Crippen LogP contribution is -2.51. The minimum Gasteiger partial charge on any atom is -0.494 e. The molecule has 1 aromatic carbocycles. The van der Waals surface area contributed by atoms with Crippen LogP contribution in [0.15, 0.2) is 23.1 Å². The molecule has 7 heteroatoms. The van der Waals surface area contributed by atoms with E-state index in [2.05, 4.69) is 0 Å². The molecule has 1 saturated heterocycles. The Morgan fingerprint density at radius 3 is 2.76 bits per heavy atom. The van der Waals surface area contributed by atoms with Gasteiger partial charge in [-0.3, -0.25) is 0 Å². The number of nitrogens with two attached hydrogens (primary N) is 1. The second kappa shape index (κ2) is 6.29. The van der Waals surface area contributed by atoms with Crippen LogP contribution in [0.5, 0.6) is 5.75 Å². The Kier molecular flexibility index (Phi) is 4.85. The predicted octanol–water partition coefficient (Wildman–Crippen LogP) is 1.58. The first kappa shape index (κ1) is 16.2. The smallest absolute Gasteiger partial charge is 0.243 e. The number of methoxy groups -OCH3 is 1. The monoisotopic (exact) mass is 316 g/mol. The number of rotatable bonds is 4. The summed E-state index contributed by atoms with van der Waals surface area (Å²) in [4.78, 5) is -0.0617. The largest absolute Gasteiger partial charge is 0.494 e. The summed E-state index contributed by atoms with van der Waals surface area (Å²) in [5, 5.41) is 0. The van der Waals surface area contributed by atoms with Crippen molar-refractivity contribution >= 4 is 10.0 Å². The number of nitrogens with zero attached hydrogens (tertiary/aromatic N) is 1. The molecule has 0 aliphatic carbocycles. The Morgan fingerprint density at radius 1 is 1.48 bits per heavy atom. The summed E-state index contributed by atoms with van der Waals surface area (Å²) in [6.45, 7) is 2.68. The van der Waals surface area contributed by atoms with Gasteiger partial charge in [0.2, 0.25) is 10.0 Å². The van der Waals surface area contributed by atoms with Gasteiger partial charge in [-0.15, -0.1) is 0 Å². The molecule has 2 N–H and O–H groups in total. The molecule has 0 radical (unpaired) electrons. The SMILES string of the molecule is COc1ccc(S(=O)(=O)N2CCCC(C)C2CN)cc1F. The fourth-order valence-electron chi connectivity index (χ4n) is 2.80. The van der Waals surface area contributed by atoms with Gasteiger partial charge in [0.1, 0.15) is 0 Å². The highest BCUT2D eigenvalue weighted by atomic mass is 32.2. The van der Waals surface area contributed by atoms with Crippen LogP contribution in [0.25, 0.3) is 0 Å². The second-order valence-electron chi connectivity index (χ2n) is 5.33. The molecule has 2 rings (SSSR count). The van der Waals surface area contributed by atoms with Crippen LogP contribution in [0.4, 0.5) is 4.39 Å². The first-order valence-corrected chi connectivity index (χ1v) is 8.41. The lowest BCUT2D eigenvalue weighted by Gasteiger charge is -2.38. The van der Waals surface area contributed by atoms with E-state index < -0.39 is 15.8 Å². The zero-order valence-electron chi connectivity index (χ0n) is 12.3. The van der Waals surface area contributed by atoms with Gasteiger partial charge in [0.05, 0.1) is 12.0 Å². The third kappa shape index (κ3) is 3.04. The van der Waals surface area contributed by atoms with Gasteiger partial charge in [-0.1, -0.05) is 6.92 Å². The molecule has 0 aromatic heterocycles. The van der Waals surface area contributed by atoms with Crippen LogP contribution in [-0.2, 0) is 10.0 Å². The standard InChI is InChI=1S/C14H21FN2O3S/c1-10-4-3-7-17(13(10)9-16)21(18,19)11-5-6-14(20-2)12(15)8-11/h5-6,8,10,13H,3-4,7,9,16H2,1-2H3. The van der Waals surface area contributed by atoms with Crippen LogP contribution < -0.4 is 10.5 Å². The number of hydrogen-bond acceptors (Lipinski definition) is 4. The summed E-state index contributed by atoms with van der Waals surface area (Å²) in [6.07, 6.45) is 1.74. The molecule has 0 spiro atoms. The van der Waals surface area contributed by atoms with Gasteiger partial charge in [-0.05, 0) is 37.0 Å². The first-order chi connectivity index (χ1) is 9.91. The third-order valence-corrected chi connectivity index (χ3v) is 5.96. The summed E-state index contributed by atoms with van der Waals surface area (Å²) >= 11 is 0. The molecule has 0 amide bonds. The van der Waals surface area contributed by atoms with E-state index in [4.69, 9.17) is 10.5 Å². The fourth-order valence-corrected chi connectivity index (χ4v) is 4.59. The quantitative estimate of drug-likeness (QED) is 0.915. The number of sulfonamides is 1. The minimum atomic E-state index is -3.75. The molecule has 5 nitrogen and oxygen atoms in total. The van der Waals surface area contributed by atoms with E-state index in [1.54, 1.807) is 0 Å². The van der Waals surface area contributed by atoms with Crippen molar-refractivity contribution in [3.05, 3.63) is 24.0 Å². The molecule has 1 heterocycles. The van der Waals surface area contributed by atoms with E-state index >= 15 is 0 Å². The topological polar surface area (TPSA) is 72.6 Å². The molecular weight excluding hydrogens is 295 g/mol. The summed E-state index contributed by atoms with van der Waals surface area (Å²) in [7, 11) is -2.41. The lowest BCUT2D eigenvalue weighted by atomic mass is 9.93. The van der Waals surface area contributed by atoms with Crippen molar-refractivity contribution in [1.29, 1.82) is 0 Å². The fraction of sp³-hybridized carbons (Fsp3) is 0.571. The molecule has 1 aliphatic rings. The highest BCUT2D eigenvalue weighted by molar-refractivity contribution is 7.89. The number of benzene rings is 1. The summed E-state index contributed by atoms with van der Waals surface area (Å²) in [5.41, 5.74) is 5.73. The van der Waals surface area contributed by atoms with E-state index in [1.165, 1.54) is 23.5 Å². The van der Waals surface area contributed by atoms with Crippen molar-refractivity contribution in [2.45, 2.75) is 30.7 Å². The van der Waals surface area contributed by atoms with Gasteiger partial charge >= 0.3 is 0 Å². The van der Waals surface area contributed by atoms with Gasteiger partial charge in [0.15, 0.2) is 11.6 Å². The number of ether oxygens (including phenoxy) is 1. The van der Waals surface area contributed by atoms with Crippen molar-refractivity contribution in [2.24, 2.45) is 11.7 Å². The molecule has 118 valence electrons. The Hall–Kier alpha value is -1.18. The summed E-state index contributed by atoms with van der Waals surface area (Å²) in [6, 6.07) is 3.45. The van der Waals surface area contributed by atoms with Crippen molar-refractivity contribution in [2.75, 3.05) is 20.2 Å². The lowest BCUT2D eigenvalue weighted by molar-refractivity contribution is 0.192. The first-order valence-electron chi connectivity index (χ1n) is 6.97. The normalized spacial score (nSPS) is 24.0. The molecule has 1 aliphatic heterocycles. The van der Waals surface area contributed by atoms with Gasteiger partial charge in [0, 0.05) is 19.1 Å². The van der Waals surface area contributed by atoms with Crippen LogP contribution in [0.1, 0.15) is 19.8 Å². The van der Waals surface area contributed by atoms with Crippen LogP contribution >= 0.6 is 0 Å². The maximum atomic E-state index is 13.8. The van der Waals surface area contributed by atoms with E-state index in [1.807, 2.05) is 6.92 Å². The second-order valence-corrected chi connectivity index (χ2v) is 7.23. The average Bonchev–Trinajstić information content (AvgIpc) is 2.46. The Bertz CT molecular complexity index is 606. The molecule has 0 saturated carbocycles. The maximum absolute atomic E-state index is 13.8. The van der Waals surface area contributed by atoms with E-state index in [-0.39, 0.29) is 29.1 Å². The number of piperidine rings is 1. The van der Waals surface area contributed by atoms with Gasteiger partial charge < -0.3 is 10.5 Å². The Morgan fingerprint density at radius 2 is 2.19 bits per heavy atom. The highest BCUT2D eigenvalue weighted by Crippen LogP contribution is 2.30. The molecule has 1 aromatic rings. The van der Waals surface area contributed by atoms with Gasteiger partial charge in [0.25, 0.3) is 0 Å². The summed E-state index contributed by atoms with van der Waals surface area (Å²) in [5.74, 6) is -0.467. The molecule has 2 unspecified atom stereocenters. The molecule has 1 fully saturated rings. The van der Waals surface area contributed by atoms with Gasteiger partial charge in [-0.2, -0.15) is 4.31 Å². The van der Waals surface area contributed by atoms with Crippen LogP contribution in [-0.4, -0.2) is 39.0 Å². The Balaban J connectivity index is 2.38. The Labute approximate surface area is 124 Å². The van der Waals surface area contributed by atoms with E-state index in [0.29, 0.717) is 6.54 Å². The van der Waals surface area contributed by atoms with Crippen LogP contribution in [0, 0.1) is 11.7 Å². The minimum absolute atomic E-state index is 0.0244. The zero-order valence-corrected chi connectivity index (χ0v) is 13.1. The van der Waals surface area contributed by atoms with Crippen molar-refractivity contribution in [3.63, 3.8) is 0 Å². The van der Waals surface area contributed by atoms with E-state index in [0.717, 1.165) is 18.9 Å². The number of hydrogen-bond donors (Lipinski definition) is 1. The van der Waals surface area contributed by atoms with Crippen molar-refractivity contribution < 1.29 is 17.5 Å².